The highest BCUT2D eigenvalue weighted by Crippen LogP contribution is 2.27. The SMILES string of the molecule is Cc1ccc(C(C)Nc2cccc(S(=O)(=O)N(C)C)c2)s1. The molecule has 0 bridgehead atoms. The lowest BCUT2D eigenvalue weighted by molar-refractivity contribution is 0.521. The van der Waals surface area contributed by atoms with Crippen LogP contribution in [0.25, 0.3) is 0 Å². The summed E-state index contributed by atoms with van der Waals surface area (Å²) in [5.41, 5.74) is 0.802. The largest absolute Gasteiger partial charge is 0.378 e. The number of thiophene rings is 1. The van der Waals surface area contributed by atoms with Gasteiger partial charge in [-0.15, -0.1) is 11.3 Å². The maximum absolute atomic E-state index is 12.1. The summed E-state index contributed by atoms with van der Waals surface area (Å²) in [6.45, 7) is 4.14. The van der Waals surface area contributed by atoms with Gasteiger partial charge in [0, 0.05) is 29.5 Å². The fourth-order valence-corrected chi connectivity index (χ4v) is 3.79. The molecule has 0 aliphatic heterocycles. The van der Waals surface area contributed by atoms with Crippen LogP contribution >= 0.6 is 11.3 Å². The number of aryl methyl sites for hydroxylation is 1. The number of anilines is 1. The summed E-state index contributed by atoms with van der Waals surface area (Å²) in [7, 11) is -0.331. The van der Waals surface area contributed by atoms with Gasteiger partial charge in [-0.2, -0.15) is 0 Å². The van der Waals surface area contributed by atoms with Crippen LogP contribution in [0.4, 0.5) is 5.69 Å². The number of nitrogens with one attached hydrogen (secondary N) is 1. The Morgan fingerprint density at radius 3 is 2.48 bits per heavy atom. The van der Waals surface area contributed by atoms with Gasteiger partial charge in [0.05, 0.1) is 10.9 Å². The lowest BCUT2D eigenvalue weighted by Crippen LogP contribution is -2.22. The van der Waals surface area contributed by atoms with Crippen molar-refractivity contribution in [3.8, 4) is 0 Å². The molecule has 0 aliphatic carbocycles. The summed E-state index contributed by atoms with van der Waals surface area (Å²) >= 11 is 1.74. The molecule has 1 atom stereocenters. The molecule has 0 saturated heterocycles. The topological polar surface area (TPSA) is 49.4 Å². The first-order valence-corrected chi connectivity index (χ1v) is 8.92. The van der Waals surface area contributed by atoms with E-state index in [0.717, 1.165) is 5.69 Å². The van der Waals surface area contributed by atoms with Crippen molar-refractivity contribution in [1.82, 2.24) is 4.31 Å². The molecule has 1 N–H and O–H groups in total. The van der Waals surface area contributed by atoms with Crippen LogP contribution in [0, 0.1) is 6.92 Å². The summed E-state index contributed by atoms with van der Waals surface area (Å²) in [4.78, 5) is 2.79. The van der Waals surface area contributed by atoms with E-state index in [1.165, 1.54) is 28.2 Å². The molecule has 2 aromatic rings. The fourth-order valence-electron chi connectivity index (χ4n) is 1.96. The average Bonchev–Trinajstić information content (AvgIpc) is 2.85. The third kappa shape index (κ3) is 3.64. The van der Waals surface area contributed by atoms with Gasteiger partial charge in [-0.1, -0.05) is 6.07 Å². The predicted octanol–water partition coefficient (Wildman–Crippen LogP) is 3.48. The molecule has 2 rings (SSSR count). The molecule has 0 amide bonds. The second kappa shape index (κ2) is 6.17. The van der Waals surface area contributed by atoms with Crippen LogP contribution in [0.5, 0.6) is 0 Å². The van der Waals surface area contributed by atoms with Gasteiger partial charge in [0.15, 0.2) is 0 Å². The maximum atomic E-state index is 12.1. The van der Waals surface area contributed by atoms with Crippen molar-refractivity contribution in [2.75, 3.05) is 19.4 Å². The first-order chi connectivity index (χ1) is 9.80. The minimum absolute atomic E-state index is 0.140. The van der Waals surface area contributed by atoms with Crippen molar-refractivity contribution >= 4 is 27.0 Å². The Bertz CT molecular complexity index is 721. The quantitative estimate of drug-likeness (QED) is 0.916. The first-order valence-electron chi connectivity index (χ1n) is 6.66. The Kier molecular flexibility index (Phi) is 4.70. The number of hydrogen-bond acceptors (Lipinski definition) is 4. The van der Waals surface area contributed by atoms with Crippen LogP contribution in [-0.4, -0.2) is 26.8 Å². The molecule has 4 nitrogen and oxygen atoms in total. The van der Waals surface area contributed by atoms with Gasteiger partial charge in [-0.25, -0.2) is 12.7 Å². The van der Waals surface area contributed by atoms with Crippen molar-refractivity contribution in [2.24, 2.45) is 0 Å². The summed E-state index contributed by atoms with van der Waals surface area (Å²) < 4.78 is 25.5. The van der Waals surface area contributed by atoms with E-state index in [0.29, 0.717) is 4.90 Å². The summed E-state index contributed by atoms with van der Waals surface area (Å²) in [6, 6.07) is 11.2. The predicted molar refractivity (Wildman–Crippen MR) is 88.4 cm³/mol. The van der Waals surface area contributed by atoms with Gasteiger partial charge in [0.25, 0.3) is 0 Å². The van der Waals surface area contributed by atoms with E-state index in [1.807, 2.05) is 6.07 Å². The van der Waals surface area contributed by atoms with Gasteiger partial charge in [-0.05, 0) is 44.2 Å². The van der Waals surface area contributed by atoms with Crippen LogP contribution in [-0.2, 0) is 10.0 Å². The van der Waals surface area contributed by atoms with Gasteiger partial charge in [0.2, 0.25) is 10.0 Å². The van der Waals surface area contributed by atoms with E-state index in [4.69, 9.17) is 0 Å². The van der Waals surface area contributed by atoms with Crippen molar-refractivity contribution in [2.45, 2.75) is 24.8 Å². The fraction of sp³-hybridized carbons (Fsp3) is 0.333. The number of hydrogen-bond donors (Lipinski definition) is 1. The van der Waals surface area contributed by atoms with Crippen LogP contribution in [0.3, 0.4) is 0 Å². The monoisotopic (exact) mass is 324 g/mol. The lowest BCUT2D eigenvalue weighted by atomic mass is 10.2. The van der Waals surface area contributed by atoms with E-state index in [9.17, 15) is 8.42 Å². The molecule has 1 unspecified atom stereocenters. The van der Waals surface area contributed by atoms with Crippen molar-refractivity contribution < 1.29 is 8.42 Å². The first kappa shape index (κ1) is 16.0. The van der Waals surface area contributed by atoms with Crippen LogP contribution in [0.15, 0.2) is 41.3 Å². The molecule has 0 saturated carbocycles. The van der Waals surface area contributed by atoms with Gasteiger partial charge in [-0.3, -0.25) is 0 Å². The van der Waals surface area contributed by atoms with Crippen molar-refractivity contribution in [3.05, 3.63) is 46.2 Å². The standard InChI is InChI=1S/C15H20N2O2S2/c1-11-8-9-15(20-11)12(2)16-13-6-5-7-14(10-13)21(18,19)17(3)4/h5-10,12,16H,1-4H3. The molecular weight excluding hydrogens is 304 g/mol. The van der Waals surface area contributed by atoms with Gasteiger partial charge < -0.3 is 5.32 Å². The van der Waals surface area contributed by atoms with Crippen LogP contribution in [0.2, 0.25) is 0 Å². The summed E-state index contributed by atoms with van der Waals surface area (Å²) in [5.74, 6) is 0. The minimum Gasteiger partial charge on any atom is -0.378 e. The Morgan fingerprint density at radius 1 is 1.19 bits per heavy atom. The molecule has 1 aromatic heterocycles. The van der Waals surface area contributed by atoms with E-state index in [2.05, 4.69) is 31.3 Å². The number of nitrogens with zero attached hydrogens (tertiary/aromatic N) is 1. The van der Waals surface area contributed by atoms with E-state index >= 15 is 0 Å². The highest BCUT2D eigenvalue weighted by molar-refractivity contribution is 7.89. The Morgan fingerprint density at radius 2 is 1.90 bits per heavy atom. The van der Waals surface area contributed by atoms with Crippen molar-refractivity contribution in [3.63, 3.8) is 0 Å². The number of rotatable bonds is 5. The second-order valence-corrected chi connectivity index (χ2v) is 8.60. The lowest BCUT2D eigenvalue weighted by Gasteiger charge is -2.16. The molecule has 0 radical (unpaired) electrons. The third-order valence-electron chi connectivity index (χ3n) is 3.18. The number of benzene rings is 1. The zero-order valence-electron chi connectivity index (χ0n) is 12.6. The highest BCUT2D eigenvalue weighted by Gasteiger charge is 2.17. The molecule has 0 aliphatic rings. The molecule has 0 fully saturated rings. The third-order valence-corrected chi connectivity index (χ3v) is 6.18. The van der Waals surface area contributed by atoms with E-state index in [-0.39, 0.29) is 6.04 Å². The molecule has 21 heavy (non-hydrogen) atoms. The van der Waals surface area contributed by atoms with Crippen LogP contribution < -0.4 is 5.32 Å². The van der Waals surface area contributed by atoms with Gasteiger partial charge in [0.1, 0.15) is 0 Å². The molecule has 1 heterocycles. The van der Waals surface area contributed by atoms with Gasteiger partial charge >= 0.3 is 0 Å². The normalized spacial score (nSPS) is 13.4. The Hall–Kier alpha value is -1.37. The zero-order chi connectivity index (χ0) is 15.6. The highest BCUT2D eigenvalue weighted by atomic mass is 32.2. The molecule has 0 spiro atoms. The Balaban J connectivity index is 2.22. The summed E-state index contributed by atoms with van der Waals surface area (Å²) in [5, 5.41) is 3.35. The second-order valence-electron chi connectivity index (χ2n) is 5.13. The summed E-state index contributed by atoms with van der Waals surface area (Å²) in [6.07, 6.45) is 0. The average molecular weight is 324 g/mol. The minimum atomic E-state index is -3.40. The van der Waals surface area contributed by atoms with Crippen molar-refractivity contribution in [1.29, 1.82) is 0 Å². The maximum Gasteiger partial charge on any atom is 0.242 e. The molecule has 114 valence electrons. The Labute approximate surface area is 130 Å². The molecule has 1 aromatic carbocycles. The van der Waals surface area contributed by atoms with Crippen LogP contribution in [0.1, 0.15) is 22.7 Å². The zero-order valence-corrected chi connectivity index (χ0v) is 14.3. The van der Waals surface area contributed by atoms with E-state index < -0.39 is 10.0 Å². The smallest absolute Gasteiger partial charge is 0.242 e. The van der Waals surface area contributed by atoms with E-state index in [1.54, 1.807) is 29.5 Å². The number of sulfonamides is 1. The molecule has 6 heteroatoms. The molecular formula is C15H20N2O2S2.